The van der Waals surface area contributed by atoms with E-state index in [1.807, 2.05) is 29.8 Å². The van der Waals surface area contributed by atoms with Gasteiger partial charge in [-0.2, -0.15) is 5.10 Å². The van der Waals surface area contributed by atoms with Crippen molar-refractivity contribution in [1.29, 1.82) is 0 Å². The van der Waals surface area contributed by atoms with E-state index >= 15 is 0 Å². The standard InChI is InChI=1S/C18H16BrFN2/c1-13-17(19)18(15-7-9-16(20)10-8-15)22(21-13)12-11-14-5-3-2-4-6-14/h2-10H,11-12H2,1H3. The second-order valence-corrected chi connectivity index (χ2v) is 6.01. The number of rotatable bonds is 4. The van der Waals surface area contributed by atoms with Crippen molar-refractivity contribution >= 4 is 15.9 Å². The Bertz CT molecular complexity index is 764. The Morgan fingerprint density at radius 2 is 1.73 bits per heavy atom. The van der Waals surface area contributed by atoms with Gasteiger partial charge in [0, 0.05) is 12.1 Å². The van der Waals surface area contributed by atoms with Crippen molar-refractivity contribution in [2.24, 2.45) is 0 Å². The molecule has 22 heavy (non-hydrogen) atoms. The third-order valence-electron chi connectivity index (χ3n) is 3.63. The second-order valence-electron chi connectivity index (χ2n) is 5.21. The largest absolute Gasteiger partial charge is 0.263 e. The number of aryl methyl sites for hydroxylation is 3. The number of halogens is 2. The van der Waals surface area contributed by atoms with Crippen LogP contribution in [-0.2, 0) is 13.0 Å². The molecule has 0 aliphatic heterocycles. The molecule has 3 rings (SSSR count). The molecule has 0 saturated carbocycles. The van der Waals surface area contributed by atoms with Gasteiger partial charge in [-0.15, -0.1) is 0 Å². The summed E-state index contributed by atoms with van der Waals surface area (Å²) in [4.78, 5) is 0. The van der Waals surface area contributed by atoms with Gasteiger partial charge in [-0.1, -0.05) is 30.3 Å². The monoisotopic (exact) mass is 358 g/mol. The van der Waals surface area contributed by atoms with Crippen molar-refractivity contribution in [2.75, 3.05) is 0 Å². The van der Waals surface area contributed by atoms with Crippen LogP contribution in [0.3, 0.4) is 0 Å². The fourth-order valence-corrected chi connectivity index (χ4v) is 3.00. The van der Waals surface area contributed by atoms with Gasteiger partial charge in [0.25, 0.3) is 0 Å². The number of hydrogen-bond donors (Lipinski definition) is 0. The van der Waals surface area contributed by atoms with E-state index in [1.54, 1.807) is 12.1 Å². The zero-order valence-electron chi connectivity index (χ0n) is 12.3. The second kappa shape index (κ2) is 6.44. The molecule has 0 bridgehead atoms. The van der Waals surface area contributed by atoms with Crippen molar-refractivity contribution in [3.05, 3.63) is 76.1 Å². The number of aromatic nitrogens is 2. The van der Waals surface area contributed by atoms with Crippen molar-refractivity contribution in [1.82, 2.24) is 9.78 Å². The summed E-state index contributed by atoms with van der Waals surface area (Å²) < 4.78 is 16.1. The van der Waals surface area contributed by atoms with Crippen LogP contribution in [-0.4, -0.2) is 9.78 Å². The van der Waals surface area contributed by atoms with E-state index in [1.165, 1.54) is 17.7 Å². The highest BCUT2D eigenvalue weighted by atomic mass is 79.9. The molecule has 0 unspecified atom stereocenters. The Morgan fingerprint density at radius 1 is 1.05 bits per heavy atom. The Labute approximate surface area is 137 Å². The van der Waals surface area contributed by atoms with Gasteiger partial charge in [-0.05, 0) is 59.1 Å². The van der Waals surface area contributed by atoms with Gasteiger partial charge in [0.05, 0.1) is 15.9 Å². The molecule has 0 aliphatic rings. The molecule has 4 heteroatoms. The van der Waals surface area contributed by atoms with Crippen LogP contribution in [0.1, 0.15) is 11.3 Å². The Kier molecular flexibility index (Phi) is 4.39. The minimum absolute atomic E-state index is 0.230. The zero-order valence-corrected chi connectivity index (χ0v) is 13.8. The number of hydrogen-bond acceptors (Lipinski definition) is 1. The third-order valence-corrected chi connectivity index (χ3v) is 4.58. The van der Waals surface area contributed by atoms with E-state index in [9.17, 15) is 4.39 Å². The summed E-state index contributed by atoms with van der Waals surface area (Å²) in [5.41, 5.74) is 4.17. The van der Waals surface area contributed by atoms with Gasteiger partial charge in [0.1, 0.15) is 5.82 Å². The quantitative estimate of drug-likeness (QED) is 0.641. The summed E-state index contributed by atoms with van der Waals surface area (Å²) in [5, 5.41) is 4.60. The summed E-state index contributed by atoms with van der Waals surface area (Å²) in [5.74, 6) is -0.230. The lowest BCUT2D eigenvalue weighted by Crippen LogP contribution is -2.05. The highest BCUT2D eigenvalue weighted by molar-refractivity contribution is 9.10. The molecule has 112 valence electrons. The molecule has 2 nitrogen and oxygen atoms in total. The molecular formula is C18H16BrFN2. The first-order chi connectivity index (χ1) is 10.6. The number of benzene rings is 2. The molecule has 0 aliphatic carbocycles. The average Bonchev–Trinajstić information content (AvgIpc) is 2.82. The van der Waals surface area contributed by atoms with Crippen LogP contribution in [0.4, 0.5) is 4.39 Å². The molecule has 0 fully saturated rings. The lowest BCUT2D eigenvalue weighted by molar-refractivity contribution is 0.615. The van der Waals surface area contributed by atoms with E-state index in [2.05, 4.69) is 33.2 Å². The highest BCUT2D eigenvalue weighted by Crippen LogP contribution is 2.31. The average molecular weight is 359 g/mol. The van der Waals surface area contributed by atoms with Crippen molar-refractivity contribution < 1.29 is 4.39 Å². The fraction of sp³-hybridized carbons (Fsp3) is 0.167. The van der Waals surface area contributed by atoms with E-state index in [0.717, 1.165) is 34.4 Å². The van der Waals surface area contributed by atoms with E-state index in [4.69, 9.17) is 0 Å². The predicted octanol–water partition coefficient (Wildman–Crippen LogP) is 5.00. The van der Waals surface area contributed by atoms with Crippen LogP contribution >= 0.6 is 15.9 Å². The van der Waals surface area contributed by atoms with Crippen LogP contribution in [0.25, 0.3) is 11.3 Å². The Balaban J connectivity index is 1.91. The predicted molar refractivity (Wildman–Crippen MR) is 90.2 cm³/mol. The van der Waals surface area contributed by atoms with Crippen LogP contribution in [0.2, 0.25) is 0 Å². The first-order valence-corrected chi connectivity index (χ1v) is 7.97. The summed E-state index contributed by atoms with van der Waals surface area (Å²) >= 11 is 3.61. The highest BCUT2D eigenvalue weighted by Gasteiger charge is 2.14. The molecule has 1 aromatic heterocycles. The Morgan fingerprint density at radius 3 is 2.41 bits per heavy atom. The van der Waals surface area contributed by atoms with Crippen LogP contribution in [0.15, 0.2) is 59.1 Å². The van der Waals surface area contributed by atoms with Crippen LogP contribution < -0.4 is 0 Å². The third kappa shape index (κ3) is 3.12. The molecule has 0 N–H and O–H groups in total. The van der Waals surface area contributed by atoms with E-state index < -0.39 is 0 Å². The van der Waals surface area contributed by atoms with Gasteiger partial charge in [-0.3, -0.25) is 4.68 Å². The molecule has 0 radical (unpaired) electrons. The lowest BCUT2D eigenvalue weighted by Gasteiger charge is -2.08. The van der Waals surface area contributed by atoms with Crippen molar-refractivity contribution in [3.63, 3.8) is 0 Å². The molecule has 0 spiro atoms. The minimum Gasteiger partial charge on any atom is -0.263 e. The van der Waals surface area contributed by atoms with Gasteiger partial charge in [-0.25, -0.2) is 4.39 Å². The summed E-state index contributed by atoms with van der Waals surface area (Å²) in [6, 6.07) is 16.9. The van der Waals surface area contributed by atoms with Gasteiger partial charge >= 0.3 is 0 Å². The Hall–Kier alpha value is -1.94. The molecule has 1 heterocycles. The molecule has 3 aromatic rings. The topological polar surface area (TPSA) is 17.8 Å². The van der Waals surface area contributed by atoms with E-state index in [-0.39, 0.29) is 5.82 Å². The molecule has 0 atom stereocenters. The molecule has 0 amide bonds. The van der Waals surface area contributed by atoms with Gasteiger partial charge in [0.2, 0.25) is 0 Å². The van der Waals surface area contributed by atoms with Crippen molar-refractivity contribution in [2.45, 2.75) is 19.9 Å². The smallest absolute Gasteiger partial charge is 0.123 e. The maximum atomic E-state index is 13.1. The van der Waals surface area contributed by atoms with Crippen molar-refractivity contribution in [3.8, 4) is 11.3 Å². The number of nitrogens with zero attached hydrogens (tertiary/aromatic N) is 2. The summed E-state index contributed by atoms with van der Waals surface area (Å²) in [6.07, 6.45) is 0.905. The summed E-state index contributed by atoms with van der Waals surface area (Å²) in [7, 11) is 0. The van der Waals surface area contributed by atoms with Gasteiger partial charge in [0.15, 0.2) is 0 Å². The lowest BCUT2D eigenvalue weighted by atomic mass is 10.1. The van der Waals surface area contributed by atoms with Gasteiger partial charge < -0.3 is 0 Å². The molecule has 0 saturated heterocycles. The maximum Gasteiger partial charge on any atom is 0.123 e. The normalized spacial score (nSPS) is 10.9. The zero-order chi connectivity index (χ0) is 15.5. The molecular weight excluding hydrogens is 343 g/mol. The molecule has 2 aromatic carbocycles. The van der Waals surface area contributed by atoms with E-state index in [0.29, 0.717) is 0 Å². The first-order valence-electron chi connectivity index (χ1n) is 7.18. The summed E-state index contributed by atoms with van der Waals surface area (Å²) in [6.45, 7) is 2.75. The van der Waals surface area contributed by atoms with Crippen LogP contribution in [0.5, 0.6) is 0 Å². The minimum atomic E-state index is -0.230. The fourth-order valence-electron chi connectivity index (χ4n) is 2.48. The first kappa shape index (κ1) is 15.0. The van der Waals surface area contributed by atoms with Crippen LogP contribution in [0, 0.1) is 12.7 Å². The SMILES string of the molecule is Cc1nn(CCc2ccccc2)c(-c2ccc(F)cc2)c1Br. The maximum absolute atomic E-state index is 13.1.